The molecule has 1 aliphatic heterocycles. The van der Waals surface area contributed by atoms with Gasteiger partial charge in [-0.05, 0) is 73.6 Å². The predicted octanol–water partition coefficient (Wildman–Crippen LogP) is 4.40. The maximum atomic E-state index is 13.4. The largest absolute Gasteiger partial charge is 0.476 e. The second kappa shape index (κ2) is 9.14. The minimum Gasteiger partial charge on any atom is -0.476 e. The average molecular weight is 477 g/mol. The summed E-state index contributed by atoms with van der Waals surface area (Å²) < 4.78 is 34.1. The van der Waals surface area contributed by atoms with E-state index in [2.05, 4.69) is 23.5 Å². The third kappa shape index (κ3) is 4.28. The molecule has 0 unspecified atom stereocenters. The van der Waals surface area contributed by atoms with Gasteiger partial charge in [0, 0.05) is 0 Å². The zero-order valence-electron chi connectivity index (χ0n) is 19.1. The summed E-state index contributed by atoms with van der Waals surface area (Å²) in [7, 11) is -3.86. The van der Waals surface area contributed by atoms with Gasteiger partial charge < -0.3 is 10.1 Å². The number of aryl methyl sites for hydroxylation is 2. The van der Waals surface area contributed by atoms with Gasteiger partial charge in [0.25, 0.3) is 15.9 Å². The van der Waals surface area contributed by atoms with Crippen molar-refractivity contribution in [2.45, 2.75) is 49.6 Å². The van der Waals surface area contributed by atoms with Gasteiger partial charge >= 0.3 is 0 Å². The summed E-state index contributed by atoms with van der Waals surface area (Å²) in [4.78, 5) is 13.4. The number of rotatable bonds is 5. The van der Waals surface area contributed by atoms with Gasteiger partial charge in [-0.1, -0.05) is 48.5 Å². The van der Waals surface area contributed by atoms with E-state index in [1.807, 2.05) is 6.92 Å². The van der Waals surface area contributed by atoms with Gasteiger partial charge in [-0.25, -0.2) is 8.42 Å². The molecule has 0 saturated carbocycles. The molecule has 34 heavy (non-hydrogen) atoms. The van der Waals surface area contributed by atoms with Crippen molar-refractivity contribution in [3.63, 3.8) is 0 Å². The van der Waals surface area contributed by atoms with Crippen LogP contribution in [0, 0.1) is 0 Å². The summed E-state index contributed by atoms with van der Waals surface area (Å²) in [5.74, 6) is 0.0304. The highest BCUT2D eigenvalue weighted by molar-refractivity contribution is 7.92. The molecule has 5 rings (SSSR count). The van der Waals surface area contributed by atoms with E-state index in [0.717, 1.165) is 18.4 Å². The van der Waals surface area contributed by atoms with Gasteiger partial charge in [-0.2, -0.15) is 0 Å². The fourth-order valence-electron chi connectivity index (χ4n) is 4.70. The van der Waals surface area contributed by atoms with Crippen molar-refractivity contribution in [2.75, 3.05) is 10.8 Å². The van der Waals surface area contributed by atoms with Gasteiger partial charge in [0.1, 0.15) is 5.75 Å². The standard InChI is InChI=1S/C27H28N2O4S/c1-19(21-16-15-20-9-5-6-10-22(20)17-21)28-27(30)26-18-29(24-13-7-8-14-25(24)33-26)34(31,32)23-11-3-2-4-12-23/h2-4,7-8,11-17,19,26H,5-6,9-10,18H2,1H3,(H,28,30)/t19-,26+/m0/s1. The summed E-state index contributed by atoms with van der Waals surface area (Å²) in [6.45, 7) is 1.84. The van der Waals surface area contributed by atoms with Gasteiger partial charge in [0.15, 0.2) is 6.10 Å². The van der Waals surface area contributed by atoms with E-state index in [9.17, 15) is 13.2 Å². The van der Waals surface area contributed by atoms with Crippen LogP contribution in [0.5, 0.6) is 5.75 Å². The Kier molecular flexibility index (Phi) is 6.04. The molecule has 0 fully saturated rings. The van der Waals surface area contributed by atoms with E-state index in [1.54, 1.807) is 54.6 Å². The Morgan fingerprint density at radius 3 is 2.47 bits per heavy atom. The summed E-state index contributed by atoms with van der Waals surface area (Å²) in [6.07, 6.45) is 3.63. The number of ether oxygens (including phenoxy) is 1. The fraction of sp³-hybridized carbons (Fsp3) is 0.296. The van der Waals surface area contributed by atoms with Crippen molar-refractivity contribution in [1.82, 2.24) is 5.32 Å². The number of benzene rings is 3. The molecule has 0 spiro atoms. The van der Waals surface area contributed by atoms with Crippen LogP contribution in [-0.4, -0.2) is 27.0 Å². The first-order valence-electron chi connectivity index (χ1n) is 11.7. The molecule has 176 valence electrons. The molecule has 1 N–H and O–H groups in total. The molecular weight excluding hydrogens is 448 g/mol. The summed E-state index contributed by atoms with van der Waals surface area (Å²) in [6, 6.07) is 21.3. The molecular formula is C27H28N2O4S. The molecule has 3 aromatic carbocycles. The van der Waals surface area contributed by atoms with Crippen molar-refractivity contribution < 1.29 is 17.9 Å². The molecule has 3 aromatic rings. The van der Waals surface area contributed by atoms with Crippen molar-refractivity contribution in [3.05, 3.63) is 89.5 Å². The van der Waals surface area contributed by atoms with Crippen LogP contribution in [0.15, 0.2) is 77.7 Å². The number of amides is 1. The number of nitrogens with one attached hydrogen (secondary N) is 1. The average Bonchev–Trinajstić information content (AvgIpc) is 2.88. The normalized spacial score (nSPS) is 18.3. The quantitative estimate of drug-likeness (QED) is 0.592. The SMILES string of the molecule is C[C@H](NC(=O)[C@H]1CN(S(=O)(=O)c2ccccc2)c2ccccc2O1)c1ccc2c(c1)CCCC2. The Labute approximate surface area is 200 Å². The lowest BCUT2D eigenvalue weighted by Gasteiger charge is -2.35. The van der Waals surface area contributed by atoms with Crippen molar-refractivity contribution in [1.29, 1.82) is 0 Å². The van der Waals surface area contributed by atoms with Crippen molar-refractivity contribution in [2.24, 2.45) is 0 Å². The van der Waals surface area contributed by atoms with Crippen LogP contribution in [0.2, 0.25) is 0 Å². The highest BCUT2D eigenvalue weighted by Crippen LogP contribution is 2.37. The monoisotopic (exact) mass is 476 g/mol. The Bertz CT molecular complexity index is 1310. The summed E-state index contributed by atoms with van der Waals surface area (Å²) in [5, 5.41) is 3.03. The van der Waals surface area contributed by atoms with Crippen LogP contribution in [0.4, 0.5) is 5.69 Å². The second-order valence-electron chi connectivity index (χ2n) is 8.89. The smallest absolute Gasteiger partial charge is 0.264 e. The lowest BCUT2D eigenvalue weighted by Crippen LogP contribution is -2.51. The number of hydrogen-bond acceptors (Lipinski definition) is 4. The third-order valence-electron chi connectivity index (χ3n) is 6.59. The highest BCUT2D eigenvalue weighted by atomic mass is 32.2. The number of para-hydroxylation sites is 2. The van der Waals surface area contributed by atoms with Crippen LogP contribution in [-0.2, 0) is 27.7 Å². The molecule has 1 aliphatic carbocycles. The number of carbonyl (C=O) groups is 1. The molecule has 6 nitrogen and oxygen atoms in total. The minimum absolute atomic E-state index is 0.100. The third-order valence-corrected chi connectivity index (χ3v) is 8.38. The lowest BCUT2D eigenvalue weighted by atomic mass is 9.89. The Morgan fingerprint density at radius 2 is 1.68 bits per heavy atom. The van der Waals surface area contributed by atoms with Crippen LogP contribution in [0.3, 0.4) is 0 Å². The Morgan fingerprint density at radius 1 is 0.971 bits per heavy atom. The molecule has 2 aliphatic rings. The van der Waals surface area contributed by atoms with Gasteiger partial charge in [-0.3, -0.25) is 9.10 Å². The Balaban J connectivity index is 1.38. The van der Waals surface area contributed by atoms with E-state index >= 15 is 0 Å². The first-order chi connectivity index (χ1) is 16.4. The first kappa shape index (κ1) is 22.5. The first-order valence-corrected chi connectivity index (χ1v) is 13.1. The number of sulfonamides is 1. The molecule has 2 atom stereocenters. The predicted molar refractivity (Wildman–Crippen MR) is 131 cm³/mol. The van der Waals surface area contributed by atoms with Crippen LogP contribution in [0.25, 0.3) is 0 Å². The van der Waals surface area contributed by atoms with Gasteiger partial charge in [-0.15, -0.1) is 0 Å². The second-order valence-corrected chi connectivity index (χ2v) is 10.8. The van der Waals surface area contributed by atoms with E-state index in [1.165, 1.54) is 28.3 Å². The maximum Gasteiger partial charge on any atom is 0.264 e. The molecule has 0 saturated heterocycles. The van der Waals surface area contributed by atoms with Crippen LogP contribution >= 0.6 is 0 Å². The van der Waals surface area contributed by atoms with E-state index < -0.39 is 16.1 Å². The highest BCUT2D eigenvalue weighted by Gasteiger charge is 2.37. The maximum absolute atomic E-state index is 13.4. The van der Waals surface area contributed by atoms with E-state index in [0.29, 0.717) is 11.4 Å². The summed E-state index contributed by atoms with van der Waals surface area (Å²) >= 11 is 0. The molecule has 0 aromatic heterocycles. The minimum atomic E-state index is -3.86. The number of hydrogen-bond donors (Lipinski definition) is 1. The molecule has 1 amide bonds. The van der Waals surface area contributed by atoms with Gasteiger partial charge in [0.2, 0.25) is 0 Å². The van der Waals surface area contributed by atoms with Crippen LogP contribution in [0.1, 0.15) is 42.5 Å². The van der Waals surface area contributed by atoms with E-state index in [-0.39, 0.29) is 23.4 Å². The van der Waals surface area contributed by atoms with Crippen LogP contribution < -0.4 is 14.4 Å². The van der Waals surface area contributed by atoms with Crippen molar-refractivity contribution in [3.8, 4) is 5.75 Å². The van der Waals surface area contributed by atoms with Gasteiger partial charge in [0.05, 0.1) is 23.2 Å². The topological polar surface area (TPSA) is 75.7 Å². The lowest BCUT2D eigenvalue weighted by molar-refractivity contribution is -0.128. The number of carbonyl (C=O) groups excluding carboxylic acids is 1. The Hall–Kier alpha value is -3.32. The molecule has 0 radical (unpaired) electrons. The molecule has 0 bridgehead atoms. The zero-order valence-corrected chi connectivity index (χ0v) is 19.9. The fourth-order valence-corrected chi connectivity index (χ4v) is 6.20. The molecule has 7 heteroatoms. The van der Waals surface area contributed by atoms with E-state index in [4.69, 9.17) is 4.74 Å². The summed E-state index contributed by atoms with van der Waals surface area (Å²) in [5.41, 5.74) is 4.22. The number of fused-ring (bicyclic) bond motifs is 2. The zero-order chi connectivity index (χ0) is 23.7. The molecule has 1 heterocycles. The number of nitrogens with zero attached hydrogens (tertiary/aromatic N) is 1. The van der Waals surface area contributed by atoms with Crippen molar-refractivity contribution >= 4 is 21.6 Å². The number of anilines is 1.